The van der Waals surface area contributed by atoms with Crippen molar-refractivity contribution in [1.82, 2.24) is 0 Å². The van der Waals surface area contributed by atoms with Crippen LogP contribution in [0.15, 0.2) is 0 Å². The van der Waals surface area contributed by atoms with Gasteiger partial charge in [-0.1, -0.05) is 30.1 Å². The van der Waals surface area contributed by atoms with Gasteiger partial charge in [0.25, 0.3) is 0 Å². The molecule has 1 nitrogen and oxygen atoms in total. The quantitative estimate of drug-likeness (QED) is 0.509. The molecule has 0 heterocycles. The maximum Gasteiger partial charge on any atom is 0.203 e. The molecule has 0 aromatic carbocycles. The van der Waals surface area contributed by atoms with Gasteiger partial charge >= 0.3 is 0 Å². The first kappa shape index (κ1) is 7.07. The Kier molecular flexibility index (Phi) is 2.42. The van der Waals surface area contributed by atoms with Gasteiger partial charge in [-0.25, -0.2) is 0 Å². The largest absolute Gasteiger partial charge is 0.203 e. The van der Waals surface area contributed by atoms with Crippen molar-refractivity contribution in [2.24, 2.45) is 0 Å². The van der Waals surface area contributed by atoms with E-state index in [0.717, 1.165) is 0 Å². The molecule has 0 unspecified atom stereocenters. The van der Waals surface area contributed by atoms with Gasteiger partial charge < -0.3 is 0 Å². The summed E-state index contributed by atoms with van der Waals surface area (Å²) in [6.45, 7) is 1.75. The molecular formula is C4H5Cl2N. The average molecular weight is 138 g/mol. The molecule has 40 valence electrons. The molecule has 0 aliphatic heterocycles. The number of nitrogens with zero attached hydrogens (tertiary/aromatic N) is 1. The molecule has 0 spiro atoms. The second-order valence-corrected chi connectivity index (χ2v) is 2.65. The molecule has 0 N–H and O–H groups in total. The number of nitriles is 1. The molecule has 0 aromatic heterocycles. The predicted molar refractivity (Wildman–Crippen MR) is 30.3 cm³/mol. The molecule has 0 atom stereocenters. The molecule has 0 rings (SSSR count). The lowest BCUT2D eigenvalue weighted by Gasteiger charge is -2.02. The summed E-state index contributed by atoms with van der Waals surface area (Å²) in [5.41, 5.74) is 0. The zero-order valence-corrected chi connectivity index (χ0v) is 5.42. The highest BCUT2D eigenvalue weighted by Crippen LogP contribution is 2.22. The molecule has 0 radical (unpaired) electrons. The molecule has 0 aliphatic carbocycles. The topological polar surface area (TPSA) is 23.8 Å². The van der Waals surface area contributed by atoms with E-state index in [1.807, 2.05) is 0 Å². The van der Waals surface area contributed by atoms with Crippen LogP contribution in [0.25, 0.3) is 0 Å². The molecule has 0 bridgehead atoms. The van der Waals surface area contributed by atoms with E-state index in [0.29, 0.717) is 6.42 Å². The summed E-state index contributed by atoms with van der Waals surface area (Å²) in [7, 11) is 0. The standard InChI is InChI=1S/C4H5Cl2N/c1-2-4(5,6)3-7/h2H2,1H3. The van der Waals surface area contributed by atoms with Crippen LogP contribution >= 0.6 is 23.2 Å². The molecule has 7 heavy (non-hydrogen) atoms. The minimum Gasteiger partial charge on any atom is -0.195 e. The average Bonchev–Trinajstić information content (AvgIpc) is 1.68. The van der Waals surface area contributed by atoms with Gasteiger partial charge in [-0.15, -0.1) is 0 Å². The van der Waals surface area contributed by atoms with Crippen LogP contribution in [-0.2, 0) is 0 Å². The monoisotopic (exact) mass is 137 g/mol. The fourth-order valence-electron chi connectivity index (χ4n) is 0.0791. The zero-order chi connectivity index (χ0) is 5.91. The summed E-state index contributed by atoms with van der Waals surface area (Å²) in [5, 5.41) is 8.08. The maximum atomic E-state index is 8.08. The van der Waals surface area contributed by atoms with Crippen LogP contribution in [0.4, 0.5) is 0 Å². The fourth-order valence-corrected chi connectivity index (χ4v) is 0.0791. The normalized spacial score (nSPS) is 10.6. The summed E-state index contributed by atoms with van der Waals surface area (Å²) in [4.78, 5) is 0. The van der Waals surface area contributed by atoms with Crippen LogP contribution in [0, 0.1) is 11.3 Å². The van der Waals surface area contributed by atoms with Gasteiger partial charge in [0.05, 0.1) is 0 Å². The van der Waals surface area contributed by atoms with Gasteiger partial charge in [0, 0.05) is 0 Å². The molecule has 0 saturated carbocycles. The zero-order valence-electron chi connectivity index (χ0n) is 3.91. The highest BCUT2D eigenvalue weighted by atomic mass is 35.5. The first-order valence-electron chi connectivity index (χ1n) is 1.91. The van der Waals surface area contributed by atoms with Gasteiger partial charge in [0.15, 0.2) is 0 Å². The Balaban J connectivity index is 3.66. The molecule has 3 heteroatoms. The molecule has 0 aromatic rings. The molecular weight excluding hydrogens is 133 g/mol. The van der Waals surface area contributed by atoms with Gasteiger partial charge in [0.1, 0.15) is 6.07 Å². The number of hydrogen-bond donors (Lipinski definition) is 0. The van der Waals surface area contributed by atoms with E-state index in [1.165, 1.54) is 0 Å². The van der Waals surface area contributed by atoms with Gasteiger partial charge in [0.2, 0.25) is 4.33 Å². The first-order valence-corrected chi connectivity index (χ1v) is 2.67. The van der Waals surface area contributed by atoms with E-state index < -0.39 is 4.33 Å². The van der Waals surface area contributed by atoms with Crippen LogP contribution in [0.2, 0.25) is 0 Å². The third-order valence-corrected chi connectivity index (χ3v) is 1.31. The van der Waals surface area contributed by atoms with Crippen molar-refractivity contribution >= 4 is 23.2 Å². The summed E-state index contributed by atoms with van der Waals surface area (Å²) >= 11 is 10.6. The number of halogens is 2. The third-order valence-electron chi connectivity index (χ3n) is 0.608. The summed E-state index contributed by atoms with van der Waals surface area (Å²) < 4.78 is -1.17. The lowest BCUT2D eigenvalue weighted by molar-refractivity contribution is 0.908. The van der Waals surface area contributed by atoms with Crippen molar-refractivity contribution < 1.29 is 0 Å². The van der Waals surface area contributed by atoms with E-state index in [-0.39, 0.29) is 0 Å². The summed E-state index contributed by atoms with van der Waals surface area (Å²) in [6, 6.07) is 1.72. The van der Waals surface area contributed by atoms with Crippen molar-refractivity contribution in [1.29, 1.82) is 5.26 Å². The van der Waals surface area contributed by atoms with Crippen LogP contribution < -0.4 is 0 Å². The molecule has 0 aliphatic rings. The minimum atomic E-state index is -1.17. The number of hydrogen-bond acceptors (Lipinski definition) is 1. The number of alkyl halides is 2. The Morgan fingerprint density at radius 2 is 2.14 bits per heavy atom. The van der Waals surface area contributed by atoms with Crippen molar-refractivity contribution in [3.8, 4) is 6.07 Å². The van der Waals surface area contributed by atoms with Crippen molar-refractivity contribution in [3.05, 3.63) is 0 Å². The van der Waals surface area contributed by atoms with Gasteiger partial charge in [-0.3, -0.25) is 0 Å². The van der Waals surface area contributed by atoms with Gasteiger partial charge in [-0.05, 0) is 6.42 Å². The number of rotatable bonds is 1. The first-order chi connectivity index (χ1) is 3.12. The lowest BCUT2D eigenvalue weighted by atomic mass is 10.4. The van der Waals surface area contributed by atoms with Crippen molar-refractivity contribution in [2.45, 2.75) is 17.7 Å². The second-order valence-electron chi connectivity index (χ2n) is 1.17. The molecule has 0 saturated heterocycles. The van der Waals surface area contributed by atoms with E-state index in [9.17, 15) is 0 Å². The van der Waals surface area contributed by atoms with Crippen LogP contribution in [0.3, 0.4) is 0 Å². The highest BCUT2D eigenvalue weighted by Gasteiger charge is 2.18. The molecule has 0 fully saturated rings. The Labute approximate surface area is 52.8 Å². The smallest absolute Gasteiger partial charge is 0.195 e. The fraction of sp³-hybridized carbons (Fsp3) is 0.750. The van der Waals surface area contributed by atoms with Crippen molar-refractivity contribution in [2.75, 3.05) is 0 Å². The van der Waals surface area contributed by atoms with E-state index >= 15 is 0 Å². The van der Waals surface area contributed by atoms with E-state index in [2.05, 4.69) is 0 Å². The second kappa shape index (κ2) is 2.40. The third kappa shape index (κ3) is 2.73. The maximum absolute atomic E-state index is 8.08. The van der Waals surface area contributed by atoms with Crippen LogP contribution in [0.1, 0.15) is 13.3 Å². The predicted octanol–water partition coefficient (Wildman–Crippen LogP) is 2.09. The summed E-state index contributed by atoms with van der Waals surface area (Å²) in [6.07, 6.45) is 0.465. The Morgan fingerprint density at radius 3 is 2.14 bits per heavy atom. The Morgan fingerprint density at radius 1 is 1.71 bits per heavy atom. The van der Waals surface area contributed by atoms with E-state index in [1.54, 1.807) is 13.0 Å². The SMILES string of the molecule is CCC(Cl)(Cl)C#N. The lowest BCUT2D eigenvalue weighted by Crippen LogP contribution is -2.04. The van der Waals surface area contributed by atoms with Gasteiger partial charge in [-0.2, -0.15) is 5.26 Å². The van der Waals surface area contributed by atoms with Crippen molar-refractivity contribution in [3.63, 3.8) is 0 Å². The van der Waals surface area contributed by atoms with E-state index in [4.69, 9.17) is 28.5 Å². The Hall–Kier alpha value is 0.0700. The minimum absolute atomic E-state index is 0.465. The van der Waals surface area contributed by atoms with Crippen LogP contribution in [-0.4, -0.2) is 4.33 Å². The summed E-state index contributed by atoms with van der Waals surface area (Å²) in [5.74, 6) is 0. The van der Waals surface area contributed by atoms with Crippen LogP contribution in [0.5, 0.6) is 0 Å². The highest BCUT2D eigenvalue weighted by molar-refractivity contribution is 6.50. The Bertz CT molecular complexity index is 92.4. The molecule has 0 amide bonds.